The van der Waals surface area contributed by atoms with E-state index in [9.17, 15) is 13.2 Å². The minimum absolute atomic E-state index is 0.252. The molecule has 0 aliphatic carbocycles. The second-order valence-corrected chi connectivity index (χ2v) is 3.96. The lowest BCUT2D eigenvalue weighted by Gasteiger charge is -2.23. The van der Waals surface area contributed by atoms with Crippen molar-refractivity contribution in [1.29, 1.82) is 0 Å². The Hall–Kier alpha value is -1.03. The Kier molecular flexibility index (Phi) is 3.97. The van der Waals surface area contributed by atoms with Gasteiger partial charge < -0.3 is 5.73 Å². The first-order valence-corrected chi connectivity index (χ1v) is 5.29. The summed E-state index contributed by atoms with van der Waals surface area (Å²) in [6.07, 6.45) is -3.70. The third kappa shape index (κ3) is 2.76. The highest BCUT2D eigenvalue weighted by Crippen LogP contribution is 2.36. The van der Waals surface area contributed by atoms with Crippen LogP contribution in [0, 0.1) is 0 Å². The summed E-state index contributed by atoms with van der Waals surface area (Å²) in [5, 5.41) is 0. The Morgan fingerprint density at radius 3 is 2.25 bits per heavy atom. The number of hydrogen-bond donors (Lipinski definition) is 1. The molecular formula is C12H16F3N. The third-order valence-corrected chi connectivity index (χ3v) is 2.74. The van der Waals surface area contributed by atoms with Crippen LogP contribution in [0.2, 0.25) is 0 Å². The maximum atomic E-state index is 12.8. The third-order valence-electron chi connectivity index (χ3n) is 2.74. The second kappa shape index (κ2) is 4.87. The van der Waals surface area contributed by atoms with E-state index in [0.717, 1.165) is 6.07 Å². The van der Waals surface area contributed by atoms with Crippen molar-refractivity contribution in [2.75, 3.05) is 0 Å². The Morgan fingerprint density at radius 2 is 1.81 bits per heavy atom. The molecular weight excluding hydrogens is 215 g/mol. The summed E-state index contributed by atoms with van der Waals surface area (Å²) in [5.41, 5.74) is 5.45. The molecule has 1 rings (SSSR count). The van der Waals surface area contributed by atoms with Gasteiger partial charge in [-0.15, -0.1) is 0 Å². The molecule has 2 unspecified atom stereocenters. The molecule has 16 heavy (non-hydrogen) atoms. The minimum atomic E-state index is -4.31. The van der Waals surface area contributed by atoms with Crippen LogP contribution in [0.4, 0.5) is 13.2 Å². The summed E-state index contributed by atoms with van der Waals surface area (Å²) in [7, 11) is 0. The van der Waals surface area contributed by atoms with Gasteiger partial charge in [-0.25, -0.2) is 0 Å². The molecule has 2 atom stereocenters. The molecule has 0 aromatic heterocycles. The zero-order valence-electron chi connectivity index (χ0n) is 9.38. The molecule has 0 spiro atoms. The van der Waals surface area contributed by atoms with Gasteiger partial charge in [-0.2, -0.15) is 13.2 Å². The van der Waals surface area contributed by atoms with E-state index in [1.807, 2.05) is 6.92 Å². The van der Waals surface area contributed by atoms with Crippen molar-refractivity contribution in [3.8, 4) is 0 Å². The molecule has 1 aromatic carbocycles. The van der Waals surface area contributed by atoms with Crippen molar-refractivity contribution in [2.45, 2.75) is 38.4 Å². The highest BCUT2D eigenvalue weighted by Gasteiger charge is 2.35. The van der Waals surface area contributed by atoms with Crippen LogP contribution < -0.4 is 5.73 Å². The molecule has 0 aliphatic rings. The minimum Gasteiger partial charge on any atom is -0.327 e. The van der Waals surface area contributed by atoms with Gasteiger partial charge in [-0.05, 0) is 30.9 Å². The van der Waals surface area contributed by atoms with Crippen LogP contribution in [0.15, 0.2) is 24.3 Å². The van der Waals surface area contributed by atoms with E-state index in [0.29, 0.717) is 12.0 Å². The van der Waals surface area contributed by atoms with Crippen molar-refractivity contribution in [1.82, 2.24) is 0 Å². The van der Waals surface area contributed by atoms with Crippen LogP contribution in [-0.2, 0) is 6.18 Å². The summed E-state index contributed by atoms with van der Waals surface area (Å²) in [6, 6.07) is 5.37. The van der Waals surface area contributed by atoms with Crippen LogP contribution >= 0.6 is 0 Å². The van der Waals surface area contributed by atoms with Gasteiger partial charge in [0.1, 0.15) is 0 Å². The number of benzene rings is 1. The normalized spacial score (nSPS) is 15.9. The summed E-state index contributed by atoms with van der Waals surface area (Å²) in [4.78, 5) is 0. The van der Waals surface area contributed by atoms with Gasteiger partial charge in [0.25, 0.3) is 0 Å². The molecule has 0 bridgehead atoms. The monoisotopic (exact) mass is 231 g/mol. The van der Waals surface area contributed by atoms with Crippen molar-refractivity contribution in [2.24, 2.45) is 5.73 Å². The number of halogens is 3. The fourth-order valence-electron chi connectivity index (χ4n) is 1.95. The van der Waals surface area contributed by atoms with E-state index >= 15 is 0 Å². The molecule has 0 saturated carbocycles. The first-order chi connectivity index (χ1) is 7.38. The number of rotatable bonds is 3. The van der Waals surface area contributed by atoms with E-state index in [-0.39, 0.29) is 12.0 Å². The van der Waals surface area contributed by atoms with E-state index in [4.69, 9.17) is 5.73 Å². The topological polar surface area (TPSA) is 26.0 Å². The van der Waals surface area contributed by atoms with Gasteiger partial charge in [0.15, 0.2) is 0 Å². The summed E-state index contributed by atoms with van der Waals surface area (Å²) < 4.78 is 38.3. The molecule has 0 amide bonds. The lowest BCUT2D eigenvalue weighted by atomic mass is 9.87. The van der Waals surface area contributed by atoms with Crippen LogP contribution in [0.25, 0.3) is 0 Å². The zero-order valence-corrected chi connectivity index (χ0v) is 9.38. The smallest absolute Gasteiger partial charge is 0.327 e. The van der Waals surface area contributed by atoms with E-state index in [1.54, 1.807) is 13.0 Å². The Labute approximate surface area is 93.5 Å². The van der Waals surface area contributed by atoms with Gasteiger partial charge in [0.2, 0.25) is 0 Å². The molecule has 1 aromatic rings. The fraction of sp³-hybridized carbons (Fsp3) is 0.500. The van der Waals surface area contributed by atoms with Gasteiger partial charge in [-0.3, -0.25) is 0 Å². The van der Waals surface area contributed by atoms with Gasteiger partial charge in [0.05, 0.1) is 5.56 Å². The zero-order chi connectivity index (χ0) is 12.3. The fourth-order valence-corrected chi connectivity index (χ4v) is 1.95. The molecule has 0 fully saturated rings. The number of nitrogens with two attached hydrogens (primary N) is 1. The first-order valence-electron chi connectivity index (χ1n) is 5.29. The van der Waals surface area contributed by atoms with Crippen LogP contribution in [0.3, 0.4) is 0 Å². The van der Waals surface area contributed by atoms with Crippen molar-refractivity contribution in [3.05, 3.63) is 35.4 Å². The number of hydrogen-bond acceptors (Lipinski definition) is 1. The predicted molar refractivity (Wildman–Crippen MR) is 58.1 cm³/mol. The summed E-state index contributed by atoms with van der Waals surface area (Å²) in [6.45, 7) is 3.59. The lowest BCUT2D eigenvalue weighted by Crippen LogP contribution is -2.26. The maximum Gasteiger partial charge on any atom is 0.416 e. The Balaban J connectivity index is 3.22. The second-order valence-electron chi connectivity index (χ2n) is 3.96. The van der Waals surface area contributed by atoms with Crippen LogP contribution in [0.1, 0.15) is 37.3 Å². The predicted octanol–water partition coefficient (Wildman–Crippen LogP) is 3.55. The molecule has 0 heterocycles. The molecule has 0 saturated heterocycles. The summed E-state index contributed by atoms with van der Waals surface area (Å²) in [5.74, 6) is -0.252. The molecule has 2 N–H and O–H groups in total. The Bertz CT molecular complexity index is 344. The maximum absolute atomic E-state index is 12.8. The number of alkyl halides is 3. The van der Waals surface area contributed by atoms with Gasteiger partial charge in [-0.1, -0.05) is 25.1 Å². The SMILES string of the molecule is CCC(c1ccccc1C(F)(F)F)C(C)N. The highest BCUT2D eigenvalue weighted by atomic mass is 19.4. The van der Waals surface area contributed by atoms with E-state index < -0.39 is 11.7 Å². The average molecular weight is 231 g/mol. The molecule has 0 radical (unpaired) electrons. The lowest BCUT2D eigenvalue weighted by molar-refractivity contribution is -0.138. The average Bonchev–Trinajstić information content (AvgIpc) is 2.17. The molecule has 4 heteroatoms. The van der Waals surface area contributed by atoms with Crippen molar-refractivity contribution >= 4 is 0 Å². The van der Waals surface area contributed by atoms with Crippen molar-refractivity contribution < 1.29 is 13.2 Å². The highest BCUT2D eigenvalue weighted by molar-refractivity contribution is 5.33. The van der Waals surface area contributed by atoms with E-state index in [1.165, 1.54) is 12.1 Å². The standard InChI is InChI=1S/C12H16F3N/c1-3-9(8(2)16)10-6-4-5-7-11(10)12(13,14)15/h4-9H,3,16H2,1-2H3. The molecule has 1 nitrogen and oxygen atoms in total. The molecule has 90 valence electrons. The van der Waals surface area contributed by atoms with Crippen molar-refractivity contribution in [3.63, 3.8) is 0 Å². The van der Waals surface area contributed by atoms with Crippen LogP contribution in [0.5, 0.6) is 0 Å². The van der Waals surface area contributed by atoms with Gasteiger partial charge >= 0.3 is 6.18 Å². The first kappa shape index (κ1) is 13.0. The van der Waals surface area contributed by atoms with Gasteiger partial charge in [0, 0.05) is 6.04 Å². The summed E-state index contributed by atoms with van der Waals surface area (Å²) >= 11 is 0. The largest absolute Gasteiger partial charge is 0.416 e. The quantitative estimate of drug-likeness (QED) is 0.845. The Morgan fingerprint density at radius 1 is 1.25 bits per heavy atom. The van der Waals surface area contributed by atoms with Crippen LogP contribution in [-0.4, -0.2) is 6.04 Å². The molecule has 0 aliphatic heterocycles. The van der Waals surface area contributed by atoms with E-state index in [2.05, 4.69) is 0 Å².